The Morgan fingerprint density at radius 2 is 2.00 bits per heavy atom. The van der Waals surface area contributed by atoms with Crippen molar-refractivity contribution in [3.63, 3.8) is 0 Å². The van der Waals surface area contributed by atoms with E-state index in [0.717, 1.165) is 44.6 Å². The predicted octanol–water partition coefficient (Wildman–Crippen LogP) is 4.53. The zero-order valence-corrected chi connectivity index (χ0v) is 14.6. The van der Waals surface area contributed by atoms with Gasteiger partial charge in [0, 0.05) is 12.3 Å². The van der Waals surface area contributed by atoms with Crippen molar-refractivity contribution in [2.45, 2.75) is 64.0 Å². The molecule has 0 radical (unpaired) electrons. The van der Waals surface area contributed by atoms with E-state index in [9.17, 15) is 18.0 Å². The van der Waals surface area contributed by atoms with Gasteiger partial charge >= 0.3 is 6.18 Å². The first-order valence-electron chi connectivity index (χ1n) is 9.02. The van der Waals surface area contributed by atoms with Gasteiger partial charge in [-0.2, -0.15) is 18.3 Å². The Bertz CT molecular complexity index is 848. The molecule has 0 unspecified atom stereocenters. The molecule has 0 aromatic carbocycles. The summed E-state index contributed by atoms with van der Waals surface area (Å²) in [5, 5.41) is 6.57. The third kappa shape index (κ3) is 3.29. The van der Waals surface area contributed by atoms with Crippen LogP contribution in [0.3, 0.4) is 0 Å². The van der Waals surface area contributed by atoms with E-state index in [1.807, 2.05) is 0 Å². The number of fused-ring (bicyclic) bond motifs is 1. The molecule has 26 heavy (non-hydrogen) atoms. The maximum Gasteiger partial charge on any atom is 0.435 e. The molecular weight excluding hydrogens is 345 g/mol. The van der Waals surface area contributed by atoms with Crippen molar-refractivity contribution < 1.29 is 18.0 Å². The average Bonchev–Trinajstić information content (AvgIpc) is 3.19. The van der Waals surface area contributed by atoms with Gasteiger partial charge in [0.2, 0.25) is 5.91 Å². The zero-order chi connectivity index (χ0) is 18.5. The average molecular weight is 366 g/mol. The number of nitrogens with zero attached hydrogens (tertiary/aromatic N) is 3. The summed E-state index contributed by atoms with van der Waals surface area (Å²) in [6.07, 6.45) is 1.95. The molecule has 0 bridgehead atoms. The highest BCUT2D eigenvalue weighted by Gasteiger charge is 2.37. The number of carbonyl (C=O) groups excluding carboxylic acids is 1. The number of alkyl halides is 3. The van der Waals surface area contributed by atoms with Gasteiger partial charge in [0.05, 0.1) is 5.69 Å². The Balaban J connectivity index is 1.64. The summed E-state index contributed by atoms with van der Waals surface area (Å²) in [4.78, 5) is 16.8. The van der Waals surface area contributed by atoms with Crippen LogP contribution in [0.2, 0.25) is 0 Å². The van der Waals surface area contributed by atoms with E-state index in [4.69, 9.17) is 0 Å². The molecule has 2 saturated carbocycles. The van der Waals surface area contributed by atoms with Crippen LogP contribution in [0.1, 0.15) is 69.2 Å². The molecule has 2 aromatic heterocycles. The number of halogens is 3. The Morgan fingerprint density at radius 3 is 2.62 bits per heavy atom. The number of hydrogen-bond acceptors (Lipinski definition) is 3. The third-order valence-corrected chi connectivity index (χ3v) is 5.42. The van der Waals surface area contributed by atoms with Gasteiger partial charge < -0.3 is 5.32 Å². The lowest BCUT2D eigenvalue weighted by molar-refractivity contribution is -0.141. The van der Waals surface area contributed by atoms with E-state index in [-0.39, 0.29) is 17.2 Å². The second-order valence-electron chi connectivity index (χ2n) is 7.85. The fraction of sp³-hybridized carbons (Fsp3) is 0.611. The lowest BCUT2D eigenvalue weighted by atomic mass is 9.85. The van der Waals surface area contributed by atoms with Crippen molar-refractivity contribution in [1.82, 2.24) is 14.6 Å². The highest BCUT2D eigenvalue weighted by molar-refractivity contribution is 5.91. The summed E-state index contributed by atoms with van der Waals surface area (Å²) in [6.45, 7) is 2.11. The maximum absolute atomic E-state index is 13.0. The SMILES string of the molecule is CC1(CC(=O)Nc2nc3ccc(C(F)(F)F)nn3c2C2CC2)CCCC1. The molecule has 0 atom stereocenters. The Kier molecular flexibility index (Phi) is 3.96. The molecule has 1 amide bonds. The summed E-state index contributed by atoms with van der Waals surface area (Å²) in [6, 6.07) is 2.22. The number of carbonyl (C=O) groups is 1. The van der Waals surface area contributed by atoms with Gasteiger partial charge in [0.1, 0.15) is 0 Å². The molecule has 8 heteroatoms. The van der Waals surface area contributed by atoms with Gasteiger partial charge in [0.25, 0.3) is 0 Å². The number of aromatic nitrogens is 3. The van der Waals surface area contributed by atoms with Crippen molar-refractivity contribution in [3.05, 3.63) is 23.5 Å². The molecule has 2 aromatic rings. The lowest BCUT2D eigenvalue weighted by Crippen LogP contribution is -2.23. The lowest BCUT2D eigenvalue weighted by Gasteiger charge is -2.22. The van der Waals surface area contributed by atoms with Crippen LogP contribution in [0.5, 0.6) is 0 Å². The van der Waals surface area contributed by atoms with Crippen molar-refractivity contribution in [3.8, 4) is 0 Å². The summed E-state index contributed by atoms with van der Waals surface area (Å²) < 4.78 is 40.2. The van der Waals surface area contributed by atoms with Gasteiger partial charge in [0.15, 0.2) is 17.2 Å². The summed E-state index contributed by atoms with van der Waals surface area (Å²) in [5.74, 6) is 0.319. The monoisotopic (exact) mass is 366 g/mol. The van der Waals surface area contributed by atoms with Crippen molar-refractivity contribution in [2.75, 3.05) is 5.32 Å². The fourth-order valence-corrected chi connectivity index (χ4v) is 3.89. The quantitative estimate of drug-likeness (QED) is 0.865. The number of amides is 1. The van der Waals surface area contributed by atoms with Gasteiger partial charge in [-0.25, -0.2) is 9.50 Å². The first kappa shape index (κ1) is 17.3. The molecule has 2 aliphatic carbocycles. The van der Waals surface area contributed by atoms with E-state index >= 15 is 0 Å². The van der Waals surface area contributed by atoms with Gasteiger partial charge in [-0.05, 0) is 43.2 Å². The zero-order valence-electron chi connectivity index (χ0n) is 14.6. The van der Waals surface area contributed by atoms with Crippen LogP contribution in [0.25, 0.3) is 5.65 Å². The number of imidazole rings is 1. The molecule has 2 aliphatic rings. The van der Waals surface area contributed by atoms with E-state index in [1.54, 1.807) is 0 Å². The molecule has 4 rings (SSSR count). The van der Waals surface area contributed by atoms with Crippen molar-refractivity contribution in [2.24, 2.45) is 5.41 Å². The standard InChI is InChI=1S/C18H21F3N4O/c1-17(8-2-3-9-17)10-14(26)23-16-15(11-4-5-11)25-13(22-16)7-6-12(24-25)18(19,20)21/h6-7,11H,2-5,8-10H2,1H3,(H,23,26). The van der Waals surface area contributed by atoms with Crippen LogP contribution in [0.15, 0.2) is 12.1 Å². The van der Waals surface area contributed by atoms with Crippen molar-refractivity contribution in [1.29, 1.82) is 0 Å². The van der Waals surface area contributed by atoms with Crippen LogP contribution in [0, 0.1) is 5.41 Å². The topological polar surface area (TPSA) is 59.3 Å². The van der Waals surface area contributed by atoms with Gasteiger partial charge in [-0.3, -0.25) is 4.79 Å². The van der Waals surface area contributed by atoms with Crippen LogP contribution in [0.4, 0.5) is 19.0 Å². The van der Waals surface area contributed by atoms with Gasteiger partial charge in [-0.15, -0.1) is 0 Å². The first-order valence-corrected chi connectivity index (χ1v) is 9.02. The Morgan fingerprint density at radius 1 is 1.31 bits per heavy atom. The van der Waals surface area contributed by atoms with E-state index in [2.05, 4.69) is 22.3 Å². The highest BCUT2D eigenvalue weighted by atomic mass is 19.4. The minimum Gasteiger partial charge on any atom is -0.309 e. The summed E-state index contributed by atoms with van der Waals surface area (Å²) in [7, 11) is 0. The first-order chi connectivity index (χ1) is 12.3. The molecule has 2 fully saturated rings. The van der Waals surface area contributed by atoms with Crippen LogP contribution < -0.4 is 5.32 Å². The molecule has 0 aliphatic heterocycles. The van der Waals surface area contributed by atoms with Crippen LogP contribution in [-0.4, -0.2) is 20.5 Å². The largest absolute Gasteiger partial charge is 0.435 e. The molecule has 5 nitrogen and oxygen atoms in total. The molecule has 140 valence electrons. The van der Waals surface area contributed by atoms with Crippen LogP contribution in [-0.2, 0) is 11.0 Å². The fourth-order valence-electron chi connectivity index (χ4n) is 3.89. The van der Waals surface area contributed by atoms with Crippen molar-refractivity contribution >= 4 is 17.4 Å². The smallest absolute Gasteiger partial charge is 0.309 e. The molecule has 2 heterocycles. The van der Waals surface area contributed by atoms with E-state index < -0.39 is 11.9 Å². The number of nitrogens with one attached hydrogen (secondary N) is 1. The highest BCUT2D eigenvalue weighted by Crippen LogP contribution is 2.44. The van der Waals surface area contributed by atoms with Crippen LogP contribution >= 0.6 is 0 Å². The third-order valence-electron chi connectivity index (χ3n) is 5.42. The van der Waals surface area contributed by atoms with Gasteiger partial charge in [-0.1, -0.05) is 19.8 Å². The maximum atomic E-state index is 13.0. The minimum absolute atomic E-state index is 0.00465. The molecule has 0 saturated heterocycles. The normalized spacial score (nSPS) is 19.8. The molecule has 1 N–H and O–H groups in total. The number of anilines is 1. The Labute approximate surface area is 149 Å². The minimum atomic E-state index is -4.51. The summed E-state index contributed by atoms with van der Waals surface area (Å²) >= 11 is 0. The predicted molar refractivity (Wildman–Crippen MR) is 89.8 cm³/mol. The van der Waals surface area contributed by atoms with E-state index in [0.29, 0.717) is 23.6 Å². The van der Waals surface area contributed by atoms with E-state index in [1.165, 1.54) is 10.6 Å². The second-order valence-corrected chi connectivity index (χ2v) is 7.85. The molecule has 0 spiro atoms. The second kappa shape index (κ2) is 5.96. The number of hydrogen-bond donors (Lipinski definition) is 1. The number of rotatable bonds is 4. The molecular formula is C18H21F3N4O. The Hall–Kier alpha value is -2.12. The summed E-state index contributed by atoms with van der Waals surface area (Å²) in [5.41, 5.74) is -0.0519.